The molecule has 1 saturated heterocycles. The normalized spacial score (nSPS) is 15.6. The summed E-state index contributed by atoms with van der Waals surface area (Å²) in [6, 6.07) is 6.84. The molecule has 45 heavy (non-hydrogen) atoms. The first-order valence-corrected chi connectivity index (χ1v) is 15.0. The van der Waals surface area contributed by atoms with Crippen LogP contribution >= 0.6 is 0 Å². The van der Waals surface area contributed by atoms with E-state index >= 15 is 8.78 Å². The summed E-state index contributed by atoms with van der Waals surface area (Å²) >= 11 is 0. The van der Waals surface area contributed by atoms with Crippen LogP contribution in [-0.2, 0) is 37.3 Å². The number of aryl methyl sites for hydroxylation is 1. The maximum absolute atomic E-state index is 15.1. The topological polar surface area (TPSA) is 168 Å². The summed E-state index contributed by atoms with van der Waals surface area (Å²) in [4.78, 5) is 40.2. The number of benzene rings is 2. The van der Waals surface area contributed by atoms with Crippen LogP contribution in [0.3, 0.4) is 0 Å². The number of rotatable bonds is 8. The molecule has 1 amide bonds. The van der Waals surface area contributed by atoms with Gasteiger partial charge in [0.2, 0.25) is 0 Å². The molecule has 2 heterocycles. The lowest BCUT2D eigenvalue weighted by Crippen LogP contribution is -2.50. The number of hydroxylamine groups is 1. The number of carbonyl (C=O) groups is 2. The number of morpholine rings is 1. The van der Waals surface area contributed by atoms with Gasteiger partial charge in [-0.3, -0.25) is 24.3 Å². The van der Waals surface area contributed by atoms with Gasteiger partial charge in [-0.05, 0) is 37.1 Å². The van der Waals surface area contributed by atoms with E-state index in [0.717, 1.165) is 48.8 Å². The van der Waals surface area contributed by atoms with Crippen LogP contribution in [0.2, 0.25) is 0 Å². The molecular weight excluding hydrogens is 635 g/mol. The number of nitrogens with zero attached hydrogens (tertiary/aromatic N) is 3. The SMILES string of the molecule is CC(CCn1cnc2cc(-c3ccc(CN4CCOCC4)cc3F)c(F)cc2c1=O)(C(=O)NO)S(C)(=O)=O.O=C(O)C(F)(F)F. The molecule has 246 valence electrons. The summed E-state index contributed by atoms with van der Waals surface area (Å²) in [6.07, 6.45) is -3.45. The summed E-state index contributed by atoms with van der Waals surface area (Å²) < 4.78 is 90.6. The molecule has 1 unspecified atom stereocenters. The van der Waals surface area contributed by atoms with Crippen LogP contribution in [0.5, 0.6) is 0 Å². The van der Waals surface area contributed by atoms with Gasteiger partial charge in [0.25, 0.3) is 11.5 Å². The summed E-state index contributed by atoms with van der Waals surface area (Å²) in [5, 5.41) is 16.0. The van der Waals surface area contributed by atoms with E-state index < -0.39 is 49.8 Å². The van der Waals surface area contributed by atoms with Crippen molar-refractivity contribution in [1.82, 2.24) is 19.9 Å². The molecule has 4 rings (SSSR count). The Labute approximate surface area is 252 Å². The summed E-state index contributed by atoms with van der Waals surface area (Å²) in [7, 11) is -3.97. The molecule has 0 bridgehead atoms. The van der Waals surface area contributed by atoms with Gasteiger partial charge < -0.3 is 9.84 Å². The predicted molar refractivity (Wildman–Crippen MR) is 149 cm³/mol. The average molecular weight is 665 g/mol. The van der Waals surface area contributed by atoms with Crippen molar-refractivity contribution in [3.63, 3.8) is 0 Å². The van der Waals surface area contributed by atoms with Gasteiger partial charge in [0, 0.05) is 43.6 Å². The minimum atomic E-state index is -5.08. The Kier molecular flexibility index (Phi) is 11.0. The number of carboxylic acid groups (broad SMARTS) is 1. The highest BCUT2D eigenvalue weighted by Gasteiger charge is 2.43. The Morgan fingerprint density at radius 1 is 1.07 bits per heavy atom. The maximum atomic E-state index is 15.1. The van der Waals surface area contributed by atoms with Crippen molar-refractivity contribution in [3.05, 3.63) is 64.2 Å². The number of nitrogens with one attached hydrogen (secondary N) is 1. The number of ether oxygens (including phenoxy) is 1. The van der Waals surface area contributed by atoms with Crippen molar-refractivity contribution in [2.75, 3.05) is 32.6 Å². The first-order chi connectivity index (χ1) is 20.9. The fraction of sp³-hybridized carbons (Fsp3) is 0.407. The van der Waals surface area contributed by atoms with Crippen molar-refractivity contribution in [2.45, 2.75) is 37.4 Å². The number of carbonyl (C=O) groups excluding carboxylic acids is 1. The van der Waals surface area contributed by atoms with Gasteiger partial charge in [-0.25, -0.2) is 32.5 Å². The molecule has 0 spiro atoms. The molecule has 1 aromatic heterocycles. The number of hydrogen-bond acceptors (Lipinski definition) is 9. The second-order valence-corrected chi connectivity index (χ2v) is 12.7. The Hall–Kier alpha value is -4.00. The first-order valence-electron chi connectivity index (χ1n) is 13.1. The third-order valence-electron chi connectivity index (χ3n) is 7.22. The van der Waals surface area contributed by atoms with Crippen LogP contribution in [0.25, 0.3) is 22.0 Å². The lowest BCUT2D eigenvalue weighted by Gasteiger charge is -2.26. The minimum absolute atomic E-state index is 0.0278. The molecule has 1 fully saturated rings. The van der Waals surface area contributed by atoms with E-state index in [4.69, 9.17) is 19.8 Å². The minimum Gasteiger partial charge on any atom is -0.475 e. The zero-order chi connectivity index (χ0) is 33.7. The summed E-state index contributed by atoms with van der Waals surface area (Å²) in [6.45, 7) is 4.14. The van der Waals surface area contributed by atoms with Crippen molar-refractivity contribution in [2.24, 2.45) is 0 Å². The van der Waals surface area contributed by atoms with E-state index in [-0.39, 0.29) is 35.0 Å². The number of fused-ring (bicyclic) bond motifs is 1. The largest absolute Gasteiger partial charge is 0.490 e. The van der Waals surface area contributed by atoms with E-state index in [9.17, 15) is 31.2 Å². The van der Waals surface area contributed by atoms with Gasteiger partial charge in [0.1, 0.15) is 11.6 Å². The fourth-order valence-electron chi connectivity index (χ4n) is 4.36. The number of hydrogen-bond donors (Lipinski definition) is 3. The third-order valence-corrected chi connectivity index (χ3v) is 9.25. The zero-order valence-corrected chi connectivity index (χ0v) is 24.7. The molecule has 18 heteroatoms. The molecule has 0 aliphatic carbocycles. The number of aliphatic carboxylic acids is 1. The number of aromatic nitrogens is 2. The molecule has 1 atom stereocenters. The molecule has 0 radical (unpaired) electrons. The highest BCUT2D eigenvalue weighted by molar-refractivity contribution is 7.92. The molecule has 0 saturated carbocycles. The number of alkyl halides is 3. The number of halogens is 5. The van der Waals surface area contributed by atoms with E-state index in [2.05, 4.69) is 9.88 Å². The Bertz CT molecular complexity index is 1740. The van der Waals surface area contributed by atoms with E-state index in [1.165, 1.54) is 23.7 Å². The molecule has 12 nitrogen and oxygen atoms in total. The van der Waals surface area contributed by atoms with Gasteiger partial charge in [-0.15, -0.1) is 0 Å². The predicted octanol–water partition coefficient (Wildman–Crippen LogP) is 2.51. The molecule has 1 aliphatic rings. The van der Waals surface area contributed by atoms with Gasteiger partial charge in [-0.1, -0.05) is 12.1 Å². The molecule has 2 aromatic carbocycles. The Morgan fingerprint density at radius 3 is 2.20 bits per heavy atom. The molecule has 1 aliphatic heterocycles. The quantitative estimate of drug-likeness (QED) is 0.185. The van der Waals surface area contributed by atoms with Crippen LogP contribution in [0.1, 0.15) is 18.9 Å². The van der Waals surface area contributed by atoms with E-state index in [1.807, 2.05) is 0 Å². The number of carboxylic acids is 1. The Balaban J connectivity index is 0.000000707. The van der Waals surface area contributed by atoms with Gasteiger partial charge in [0.05, 0.1) is 30.4 Å². The van der Waals surface area contributed by atoms with Gasteiger partial charge >= 0.3 is 12.1 Å². The lowest BCUT2D eigenvalue weighted by atomic mass is 10.0. The summed E-state index contributed by atoms with van der Waals surface area (Å²) in [5.74, 6) is -5.33. The van der Waals surface area contributed by atoms with E-state index in [1.54, 1.807) is 6.07 Å². The van der Waals surface area contributed by atoms with Crippen LogP contribution in [0.15, 0.2) is 41.5 Å². The van der Waals surface area contributed by atoms with Crippen LogP contribution in [0.4, 0.5) is 22.0 Å². The van der Waals surface area contributed by atoms with Crippen LogP contribution in [0, 0.1) is 11.6 Å². The fourth-order valence-corrected chi connectivity index (χ4v) is 5.20. The highest BCUT2D eigenvalue weighted by Crippen LogP contribution is 2.29. The van der Waals surface area contributed by atoms with Crippen LogP contribution in [-0.4, -0.2) is 88.5 Å². The van der Waals surface area contributed by atoms with E-state index in [0.29, 0.717) is 19.8 Å². The van der Waals surface area contributed by atoms with Gasteiger partial charge in [-0.2, -0.15) is 13.2 Å². The molecule has 3 N–H and O–H groups in total. The Morgan fingerprint density at radius 2 is 1.67 bits per heavy atom. The zero-order valence-electron chi connectivity index (χ0n) is 23.9. The molecular formula is C27H29F5N4O8S. The van der Waals surface area contributed by atoms with Crippen molar-refractivity contribution in [1.29, 1.82) is 0 Å². The van der Waals surface area contributed by atoms with Crippen molar-refractivity contribution >= 4 is 32.6 Å². The lowest BCUT2D eigenvalue weighted by molar-refractivity contribution is -0.192. The maximum Gasteiger partial charge on any atom is 0.490 e. The average Bonchev–Trinajstić information content (AvgIpc) is 2.96. The van der Waals surface area contributed by atoms with Crippen LogP contribution < -0.4 is 11.0 Å². The highest BCUT2D eigenvalue weighted by atomic mass is 32.2. The number of sulfone groups is 1. The van der Waals surface area contributed by atoms with Gasteiger partial charge in [0.15, 0.2) is 14.6 Å². The standard InChI is InChI=1S/C25H28F2N4O6S.C2HF3O2/c1-25(24(33)29-34,38(2,35)36)5-6-31-15-28-22-13-18(21(27)12-19(22)23(31)32)17-4-3-16(11-20(17)26)14-30-7-9-37-10-8-30;3-2(4,5)1(6)7/h3-4,11-13,15,34H,5-10,14H2,1-2H3,(H,29,33);(H,6,7). The molecule has 3 aromatic rings. The monoisotopic (exact) mass is 664 g/mol. The van der Waals surface area contributed by atoms with Crippen molar-refractivity contribution in [3.8, 4) is 11.1 Å². The third kappa shape index (κ3) is 8.38. The number of amides is 1. The second-order valence-electron chi connectivity index (χ2n) is 10.3. The second kappa shape index (κ2) is 14.0. The smallest absolute Gasteiger partial charge is 0.475 e. The first kappa shape index (κ1) is 35.5. The summed E-state index contributed by atoms with van der Waals surface area (Å²) in [5.41, 5.74) is 1.52. The van der Waals surface area contributed by atoms with Crippen molar-refractivity contribution < 1.29 is 55.0 Å².